The van der Waals surface area contributed by atoms with Gasteiger partial charge in [-0.2, -0.15) is 0 Å². The molecule has 9 heteroatoms. The number of fused-ring (bicyclic) bond motifs is 1. The Balaban J connectivity index is 1.89. The van der Waals surface area contributed by atoms with E-state index in [2.05, 4.69) is 4.98 Å². The van der Waals surface area contributed by atoms with Crippen LogP contribution < -0.4 is 10.3 Å². The van der Waals surface area contributed by atoms with Crippen molar-refractivity contribution in [1.82, 2.24) is 9.38 Å². The lowest BCUT2D eigenvalue weighted by molar-refractivity contribution is -0.384. The molecule has 0 spiro atoms. The molecule has 0 bridgehead atoms. The van der Waals surface area contributed by atoms with Gasteiger partial charge in [0.1, 0.15) is 12.4 Å². The number of pyridine rings is 1. The number of benzene rings is 1. The molecule has 0 fully saturated rings. The monoisotopic (exact) mass is 379 g/mol. The van der Waals surface area contributed by atoms with E-state index in [1.54, 1.807) is 6.92 Å². The van der Waals surface area contributed by atoms with Gasteiger partial charge in [-0.05, 0) is 24.6 Å². The smallest absolute Gasteiger partial charge is 0.269 e. The van der Waals surface area contributed by atoms with Crippen LogP contribution in [0.15, 0.2) is 41.3 Å². The van der Waals surface area contributed by atoms with Crippen molar-refractivity contribution in [3.05, 3.63) is 78.3 Å². The van der Waals surface area contributed by atoms with Crippen molar-refractivity contribution in [2.24, 2.45) is 0 Å². The first kappa shape index (κ1) is 17.2. The number of nitro benzene ring substituents is 1. The molecule has 0 aliphatic rings. The van der Waals surface area contributed by atoms with Gasteiger partial charge in [-0.25, -0.2) is 4.98 Å². The maximum atomic E-state index is 12.2. The predicted octanol–water partition coefficient (Wildman–Crippen LogP) is 3.80. The molecule has 0 aliphatic carbocycles. The van der Waals surface area contributed by atoms with Crippen LogP contribution in [0.2, 0.25) is 10.0 Å². The van der Waals surface area contributed by atoms with E-state index < -0.39 is 4.92 Å². The molecule has 0 aliphatic heterocycles. The summed E-state index contributed by atoms with van der Waals surface area (Å²) in [6, 6.07) is 6.94. The lowest BCUT2D eigenvalue weighted by atomic mass is 10.3. The molecule has 7 nitrogen and oxygen atoms in total. The number of ether oxygens (including phenoxy) is 1. The topological polar surface area (TPSA) is 86.7 Å². The van der Waals surface area contributed by atoms with Crippen LogP contribution in [0.5, 0.6) is 5.75 Å². The molecule has 2 heterocycles. The Labute approximate surface area is 151 Å². The first-order valence-corrected chi connectivity index (χ1v) is 7.86. The molecule has 0 radical (unpaired) electrons. The van der Waals surface area contributed by atoms with Gasteiger partial charge >= 0.3 is 0 Å². The van der Waals surface area contributed by atoms with E-state index in [0.29, 0.717) is 32.7 Å². The molecular weight excluding hydrogens is 369 g/mol. The second-order valence-electron chi connectivity index (χ2n) is 5.24. The number of non-ortho nitro benzene ring substituents is 1. The standard InChI is InChI=1S/C16H11Cl2N3O4/c1-9-13(17)7-20-14(22)6-10(19-16(20)15(9)18)8-25-12-4-2-11(3-5-12)21(23)24/h2-7H,8H2,1H3. The van der Waals surface area contributed by atoms with Crippen molar-refractivity contribution in [3.8, 4) is 5.75 Å². The van der Waals surface area contributed by atoms with Crippen LogP contribution in [0.3, 0.4) is 0 Å². The Morgan fingerprint density at radius 2 is 1.96 bits per heavy atom. The summed E-state index contributed by atoms with van der Waals surface area (Å²) in [5.74, 6) is 0.422. The average molecular weight is 380 g/mol. The highest BCUT2D eigenvalue weighted by Crippen LogP contribution is 2.26. The van der Waals surface area contributed by atoms with E-state index in [-0.39, 0.29) is 17.9 Å². The summed E-state index contributed by atoms with van der Waals surface area (Å²) in [6.45, 7) is 1.75. The SMILES string of the molecule is Cc1c(Cl)cn2c(=O)cc(COc3ccc([N+](=O)[O-])cc3)nc2c1Cl. The summed E-state index contributed by atoms with van der Waals surface area (Å²) in [5, 5.41) is 11.3. The van der Waals surface area contributed by atoms with Gasteiger partial charge in [0, 0.05) is 24.4 Å². The van der Waals surface area contributed by atoms with Crippen molar-refractivity contribution in [2.75, 3.05) is 0 Å². The second-order valence-corrected chi connectivity index (χ2v) is 6.02. The van der Waals surface area contributed by atoms with Gasteiger partial charge in [0.25, 0.3) is 11.2 Å². The molecule has 2 aromatic heterocycles. The zero-order valence-corrected chi connectivity index (χ0v) is 14.4. The molecule has 1 aromatic carbocycles. The summed E-state index contributed by atoms with van der Waals surface area (Å²) in [7, 11) is 0. The summed E-state index contributed by atoms with van der Waals surface area (Å²) in [5.41, 5.74) is 0.929. The van der Waals surface area contributed by atoms with Crippen molar-refractivity contribution in [3.63, 3.8) is 0 Å². The van der Waals surface area contributed by atoms with E-state index in [1.165, 1.54) is 40.9 Å². The molecule has 0 saturated heterocycles. The predicted molar refractivity (Wildman–Crippen MR) is 93.6 cm³/mol. The maximum absolute atomic E-state index is 12.2. The van der Waals surface area contributed by atoms with E-state index in [0.717, 1.165) is 0 Å². The number of rotatable bonds is 4. The largest absolute Gasteiger partial charge is 0.487 e. The molecular formula is C16H11Cl2N3O4. The fraction of sp³-hybridized carbons (Fsp3) is 0.125. The van der Waals surface area contributed by atoms with Crippen LogP contribution in [-0.4, -0.2) is 14.3 Å². The molecule has 0 unspecified atom stereocenters. The van der Waals surface area contributed by atoms with Gasteiger partial charge in [0.05, 0.1) is 20.7 Å². The third kappa shape index (κ3) is 3.42. The van der Waals surface area contributed by atoms with Crippen LogP contribution in [0.25, 0.3) is 5.65 Å². The summed E-state index contributed by atoms with van der Waals surface area (Å²) in [6.07, 6.45) is 1.47. The summed E-state index contributed by atoms with van der Waals surface area (Å²) in [4.78, 5) is 26.7. The van der Waals surface area contributed by atoms with Gasteiger partial charge in [-0.15, -0.1) is 0 Å². The third-order valence-corrected chi connectivity index (χ3v) is 4.40. The quantitative estimate of drug-likeness (QED) is 0.508. The molecule has 0 amide bonds. The maximum Gasteiger partial charge on any atom is 0.269 e. The lowest BCUT2D eigenvalue weighted by Crippen LogP contribution is -2.17. The Bertz CT molecular complexity index is 1030. The lowest BCUT2D eigenvalue weighted by Gasteiger charge is -2.10. The number of aromatic nitrogens is 2. The van der Waals surface area contributed by atoms with E-state index in [1.807, 2.05) is 0 Å². The van der Waals surface area contributed by atoms with Crippen LogP contribution in [0.1, 0.15) is 11.3 Å². The van der Waals surface area contributed by atoms with Crippen LogP contribution in [0, 0.1) is 17.0 Å². The number of nitro groups is 1. The van der Waals surface area contributed by atoms with E-state index >= 15 is 0 Å². The van der Waals surface area contributed by atoms with E-state index in [9.17, 15) is 14.9 Å². The van der Waals surface area contributed by atoms with Crippen molar-refractivity contribution in [1.29, 1.82) is 0 Å². The zero-order chi connectivity index (χ0) is 18.1. The molecule has 0 atom stereocenters. The van der Waals surface area contributed by atoms with Crippen LogP contribution in [0.4, 0.5) is 5.69 Å². The number of halogens is 2. The minimum atomic E-state index is -0.495. The Kier molecular flexibility index (Phi) is 4.61. The Morgan fingerprint density at radius 1 is 1.28 bits per heavy atom. The fourth-order valence-corrected chi connectivity index (χ4v) is 2.67. The molecule has 0 saturated carbocycles. The molecule has 128 valence electrons. The molecule has 25 heavy (non-hydrogen) atoms. The van der Waals surface area contributed by atoms with E-state index in [4.69, 9.17) is 27.9 Å². The molecule has 3 rings (SSSR count). The molecule has 3 aromatic rings. The van der Waals surface area contributed by atoms with Gasteiger partial charge in [-0.1, -0.05) is 23.2 Å². The summed E-state index contributed by atoms with van der Waals surface area (Å²) >= 11 is 12.3. The van der Waals surface area contributed by atoms with Crippen molar-refractivity contribution >= 4 is 34.5 Å². The zero-order valence-electron chi connectivity index (χ0n) is 12.9. The first-order chi connectivity index (χ1) is 11.9. The minimum Gasteiger partial charge on any atom is -0.487 e. The highest BCUT2D eigenvalue weighted by molar-refractivity contribution is 6.37. The van der Waals surface area contributed by atoms with Crippen LogP contribution >= 0.6 is 23.2 Å². The van der Waals surface area contributed by atoms with Gasteiger partial charge in [-0.3, -0.25) is 19.3 Å². The Hall–Kier alpha value is -2.64. The number of nitrogens with zero attached hydrogens (tertiary/aromatic N) is 3. The van der Waals surface area contributed by atoms with Crippen molar-refractivity contribution in [2.45, 2.75) is 13.5 Å². The minimum absolute atomic E-state index is 0.0154. The second kappa shape index (κ2) is 6.70. The van der Waals surface area contributed by atoms with Gasteiger partial charge < -0.3 is 4.74 Å². The van der Waals surface area contributed by atoms with Gasteiger partial charge in [0.2, 0.25) is 0 Å². The number of hydrogen-bond donors (Lipinski definition) is 0. The summed E-state index contributed by atoms with van der Waals surface area (Å²) < 4.78 is 6.79. The highest BCUT2D eigenvalue weighted by atomic mass is 35.5. The fourth-order valence-electron chi connectivity index (χ4n) is 2.20. The first-order valence-electron chi connectivity index (χ1n) is 7.11. The highest BCUT2D eigenvalue weighted by Gasteiger charge is 2.12. The van der Waals surface area contributed by atoms with Crippen LogP contribution in [-0.2, 0) is 6.61 Å². The number of hydrogen-bond acceptors (Lipinski definition) is 5. The average Bonchev–Trinajstić information content (AvgIpc) is 2.59. The molecule has 0 N–H and O–H groups in total. The normalized spacial score (nSPS) is 10.8. The Morgan fingerprint density at radius 3 is 2.60 bits per heavy atom. The van der Waals surface area contributed by atoms with Gasteiger partial charge in [0.15, 0.2) is 5.65 Å². The third-order valence-electron chi connectivity index (χ3n) is 3.57. The van der Waals surface area contributed by atoms with Crippen molar-refractivity contribution < 1.29 is 9.66 Å².